The minimum Gasteiger partial charge on any atom is -0.325 e. The van der Waals surface area contributed by atoms with Crippen molar-refractivity contribution in [2.45, 2.75) is 36.9 Å². The van der Waals surface area contributed by atoms with Crippen molar-refractivity contribution in [2.24, 2.45) is 0 Å². The third-order valence-corrected chi connectivity index (χ3v) is 4.49. The van der Waals surface area contributed by atoms with E-state index in [9.17, 15) is 22.8 Å². The number of nitrogens with zero attached hydrogens (tertiary/aromatic N) is 2. The van der Waals surface area contributed by atoms with Crippen LogP contribution >= 0.6 is 11.8 Å². The van der Waals surface area contributed by atoms with E-state index < -0.39 is 28.5 Å². The number of thioether (sulfide) groups is 1. The van der Waals surface area contributed by atoms with Crippen molar-refractivity contribution in [1.29, 1.82) is 0 Å². The number of hydrogen-bond donors (Lipinski definition) is 2. The Hall–Kier alpha value is -2.36. The van der Waals surface area contributed by atoms with Crippen LogP contribution in [-0.4, -0.2) is 26.3 Å². The summed E-state index contributed by atoms with van der Waals surface area (Å²) in [6.07, 6.45) is -4.26. The quantitative estimate of drug-likeness (QED) is 0.788. The number of aromatic nitrogens is 3. The molecule has 0 saturated heterocycles. The van der Waals surface area contributed by atoms with Crippen LogP contribution in [0.3, 0.4) is 0 Å². The van der Waals surface area contributed by atoms with Crippen molar-refractivity contribution in [3.05, 3.63) is 45.9 Å². The molecular weight excluding hydrogens is 357 g/mol. The van der Waals surface area contributed by atoms with Crippen LogP contribution in [0.5, 0.6) is 0 Å². The molecule has 2 aromatic rings. The standard InChI is InChI=1S/C15H15F3N4O2S/c1-3-11(25-14-20-12(23)8(2)21-22-14)13(24)19-10-7-5-4-6-9(10)15(16,17)18/h4-7,11H,3H2,1-2H3,(H,19,24)(H,20,22,23). The molecule has 0 aliphatic carbocycles. The van der Waals surface area contributed by atoms with Crippen molar-refractivity contribution < 1.29 is 18.0 Å². The van der Waals surface area contributed by atoms with Crippen LogP contribution in [0.25, 0.3) is 0 Å². The number of aryl methyl sites for hydroxylation is 1. The zero-order chi connectivity index (χ0) is 18.6. The minimum absolute atomic E-state index is 0.127. The van der Waals surface area contributed by atoms with Crippen LogP contribution in [0, 0.1) is 6.92 Å². The second kappa shape index (κ2) is 7.68. The van der Waals surface area contributed by atoms with Crippen LogP contribution in [0.4, 0.5) is 18.9 Å². The number of benzene rings is 1. The molecule has 1 atom stereocenters. The number of para-hydroxylation sites is 1. The lowest BCUT2D eigenvalue weighted by atomic mass is 10.1. The van der Waals surface area contributed by atoms with Crippen molar-refractivity contribution in [3.63, 3.8) is 0 Å². The summed E-state index contributed by atoms with van der Waals surface area (Å²) >= 11 is 0.930. The molecule has 0 radical (unpaired) electrons. The molecular formula is C15H15F3N4O2S. The molecule has 1 aromatic carbocycles. The molecule has 1 amide bonds. The van der Waals surface area contributed by atoms with E-state index in [1.165, 1.54) is 25.1 Å². The van der Waals surface area contributed by atoms with E-state index in [0.29, 0.717) is 6.42 Å². The molecule has 1 heterocycles. The smallest absolute Gasteiger partial charge is 0.325 e. The second-order valence-electron chi connectivity index (χ2n) is 5.09. The van der Waals surface area contributed by atoms with Crippen LogP contribution in [-0.2, 0) is 11.0 Å². The Labute approximate surface area is 145 Å². The normalized spacial score (nSPS) is 12.7. The number of anilines is 1. The summed E-state index contributed by atoms with van der Waals surface area (Å²) < 4.78 is 39.0. The van der Waals surface area contributed by atoms with Crippen LogP contribution in [0.1, 0.15) is 24.6 Å². The molecule has 134 valence electrons. The van der Waals surface area contributed by atoms with Gasteiger partial charge in [-0.3, -0.25) is 14.6 Å². The highest BCUT2D eigenvalue weighted by atomic mass is 32.2. The lowest BCUT2D eigenvalue weighted by Crippen LogP contribution is -2.27. The number of hydrogen-bond acceptors (Lipinski definition) is 5. The first-order chi connectivity index (χ1) is 11.7. The van der Waals surface area contributed by atoms with Gasteiger partial charge in [0.25, 0.3) is 5.56 Å². The number of alkyl halides is 3. The predicted molar refractivity (Wildman–Crippen MR) is 87.4 cm³/mol. The molecule has 0 aliphatic heterocycles. The van der Waals surface area contributed by atoms with Gasteiger partial charge in [0.15, 0.2) is 5.16 Å². The van der Waals surface area contributed by atoms with Gasteiger partial charge in [-0.1, -0.05) is 30.8 Å². The summed E-state index contributed by atoms with van der Waals surface area (Å²) in [6, 6.07) is 4.73. The minimum atomic E-state index is -4.58. The highest BCUT2D eigenvalue weighted by molar-refractivity contribution is 8.00. The number of H-pyrrole nitrogens is 1. The van der Waals surface area contributed by atoms with E-state index in [0.717, 1.165) is 17.8 Å². The van der Waals surface area contributed by atoms with Gasteiger partial charge in [-0.2, -0.15) is 13.2 Å². The van der Waals surface area contributed by atoms with Gasteiger partial charge < -0.3 is 5.32 Å². The highest BCUT2D eigenvalue weighted by Crippen LogP contribution is 2.35. The molecule has 1 aromatic heterocycles. The van der Waals surface area contributed by atoms with Gasteiger partial charge in [-0.25, -0.2) is 0 Å². The van der Waals surface area contributed by atoms with Gasteiger partial charge in [-0.05, 0) is 25.5 Å². The highest BCUT2D eigenvalue weighted by Gasteiger charge is 2.34. The van der Waals surface area contributed by atoms with E-state index in [4.69, 9.17) is 0 Å². The Kier molecular flexibility index (Phi) is 5.83. The van der Waals surface area contributed by atoms with Crippen molar-refractivity contribution in [2.75, 3.05) is 5.32 Å². The fourth-order valence-electron chi connectivity index (χ4n) is 1.94. The van der Waals surface area contributed by atoms with Gasteiger partial charge in [-0.15, -0.1) is 10.2 Å². The third-order valence-electron chi connectivity index (χ3n) is 3.25. The Morgan fingerprint density at radius 2 is 2.00 bits per heavy atom. The maximum absolute atomic E-state index is 13.0. The molecule has 0 aliphatic rings. The molecule has 0 fully saturated rings. The summed E-state index contributed by atoms with van der Waals surface area (Å²) in [6.45, 7) is 3.19. The number of amides is 1. The molecule has 0 bridgehead atoms. The molecule has 25 heavy (non-hydrogen) atoms. The molecule has 1 unspecified atom stereocenters. The second-order valence-corrected chi connectivity index (χ2v) is 6.28. The average molecular weight is 372 g/mol. The Balaban J connectivity index is 2.18. The first-order valence-corrected chi connectivity index (χ1v) is 8.17. The molecule has 2 N–H and O–H groups in total. The van der Waals surface area contributed by atoms with Crippen molar-refractivity contribution >= 4 is 23.4 Å². The Morgan fingerprint density at radius 3 is 2.60 bits per heavy atom. The largest absolute Gasteiger partial charge is 0.418 e. The van der Waals surface area contributed by atoms with Gasteiger partial charge >= 0.3 is 6.18 Å². The number of nitrogens with one attached hydrogen (secondary N) is 2. The van der Waals surface area contributed by atoms with Gasteiger partial charge in [0, 0.05) is 0 Å². The van der Waals surface area contributed by atoms with E-state index in [1.807, 2.05) is 0 Å². The van der Waals surface area contributed by atoms with Crippen LogP contribution in [0.2, 0.25) is 0 Å². The van der Waals surface area contributed by atoms with Crippen LogP contribution in [0.15, 0.2) is 34.2 Å². The monoisotopic (exact) mass is 372 g/mol. The lowest BCUT2D eigenvalue weighted by Gasteiger charge is -2.17. The lowest BCUT2D eigenvalue weighted by molar-refractivity contribution is -0.137. The SMILES string of the molecule is CCC(Sc1nnc(C)c(=O)[nH]1)C(=O)Nc1ccccc1C(F)(F)F. The summed E-state index contributed by atoms with van der Waals surface area (Å²) in [5.41, 5.74) is -1.49. The van der Waals surface area contributed by atoms with Crippen molar-refractivity contribution in [3.8, 4) is 0 Å². The van der Waals surface area contributed by atoms with Gasteiger partial charge in [0.2, 0.25) is 5.91 Å². The first-order valence-electron chi connectivity index (χ1n) is 7.29. The van der Waals surface area contributed by atoms with Crippen molar-refractivity contribution in [1.82, 2.24) is 15.2 Å². The number of carbonyl (C=O) groups excluding carboxylic acids is 1. The predicted octanol–water partition coefficient (Wildman–Crippen LogP) is 3.00. The summed E-state index contributed by atoms with van der Waals surface area (Å²) in [4.78, 5) is 26.3. The van der Waals surface area contributed by atoms with Gasteiger partial charge in [0.1, 0.15) is 5.69 Å². The van der Waals surface area contributed by atoms with Crippen LogP contribution < -0.4 is 10.9 Å². The number of rotatable bonds is 5. The maximum Gasteiger partial charge on any atom is 0.418 e. The molecule has 0 spiro atoms. The van der Waals surface area contributed by atoms with Gasteiger partial charge in [0.05, 0.1) is 16.5 Å². The molecule has 0 saturated carbocycles. The molecule has 10 heteroatoms. The van der Waals surface area contributed by atoms with E-state index in [-0.39, 0.29) is 16.5 Å². The van der Waals surface area contributed by atoms with E-state index >= 15 is 0 Å². The zero-order valence-electron chi connectivity index (χ0n) is 13.3. The van der Waals surface area contributed by atoms with E-state index in [2.05, 4.69) is 20.5 Å². The molecule has 6 nitrogen and oxygen atoms in total. The average Bonchev–Trinajstić information content (AvgIpc) is 2.55. The summed E-state index contributed by atoms with van der Waals surface area (Å²) in [7, 11) is 0. The number of aromatic amines is 1. The zero-order valence-corrected chi connectivity index (χ0v) is 14.2. The Bertz CT molecular complexity index is 823. The first kappa shape index (κ1) is 19.0. The fourth-order valence-corrected chi connectivity index (χ4v) is 2.78. The maximum atomic E-state index is 13.0. The number of halogens is 3. The molecule has 2 rings (SSSR count). The summed E-state index contributed by atoms with van der Waals surface area (Å²) in [5, 5.41) is 9.11. The topological polar surface area (TPSA) is 87.7 Å². The fraction of sp³-hybridized carbons (Fsp3) is 0.333. The Morgan fingerprint density at radius 1 is 1.32 bits per heavy atom. The van der Waals surface area contributed by atoms with E-state index in [1.54, 1.807) is 6.92 Å². The third kappa shape index (κ3) is 4.81. The number of carbonyl (C=O) groups is 1. The summed E-state index contributed by atoms with van der Waals surface area (Å²) in [5.74, 6) is -0.618.